The summed E-state index contributed by atoms with van der Waals surface area (Å²) in [6, 6.07) is 18.3. The maximum Gasteiger partial charge on any atom is 2.00 e. The summed E-state index contributed by atoms with van der Waals surface area (Å²) in [5.41, 5.74) is 0. The first-order valence-electron chi connectivity index (χ1n) is 9.92. The largest absolute Gasteiger partial charge is 2.00 e. The number of pyridine rings is 5. The van der Waals surface area contributed by atoms with Gasteiger partial charge in [-0.25, -0.2) is 15.0 Å². The van der Waals surface area contributed by atoms with Crippen LogP contribution in [0.2, 0.25) is 10.0 Å². The van der Waals surface area contributed by atoms with Gasteiger partial charge in [0.25, 0.3) is 0 Å². The van der Waals surface area contributed by atoms with E-state index in [0.717, 1.165) is 26.3 Å². The molecule has 0 saturated carbocycles. The minimum Gasteiger partial charge on any atom is -1.00 e. The molecule has 0 spiro atoms. The van der Waals surface area contributed by atoms with Crippen LogP contribution < -0.4 is 24.8 Å². The molecule has 42 heavy (non-hydrogen) atoms. The van der Waals surface area contributed by atoms with Crippen molar-refractivity contribution in [2.45, 2.75) is 0 Å². The summed E-state index contributed by atoms with van der Waals surface area (Å²) in [5, 5.41) is 1.31. The fourth-order valence-electron chi connectivity index (χ4n) is 1.68. The Hall–Kier alpha value is 1.57. The average Bonchev–Trinajstić information content (AvgIpc) is 2.92. The Morgan fingerprint density at radius 1 is 0.524 bits per heavy atom. The maximum atomic E-state index is 5.53. The van der Waals surface area contributed by atoms with Gasteiger partial charge in [-0.05, 0) is 123 Å². The molecule has 5 aromatic rings. The topological polar surface area (TPSA) is 64.5 Å². The molecule has 0 amide bonds. The van der Waals surface area contributed by atoms with Gasteiger partial charge in [0.1, 0.15) is 12.9 Å². The number of halogens is 10. The first kappa shape index (κ1) is 50.4. The van der Waals surface area contributed by atoms with Crippen molar-refractivity contribution >= 4 is 172 Å². The molecular weight excluding hydrogens is 1090 g/mol. The van der Waals surface area contributed by atoms with Crippen molar-refractivity contribution in [2.24, 2.45) is 0 Å². The minimum absolute atomic E-state index is 0. The second-order valence-electron chi connectivity index (χ2n) is 6.11. The van der Waals surface area contributed by atoms with Gasteiger partial charge >= 0.3 is 46.1 Å². The summed E-state index contributed by atoms with van der Waals surface area (Å²) < 4.78 is 5.71. The summed E-state index contributed by atoms with van der Waals surface area (Å²) in [6.07, 6.45) is 13.6. The normalized spacial score (nSPS) is 8.19. The van der Waals surface area contributed by atoms with E-state index >= 15 is 0 Å². The summed E-state index contributed by atoms with van der Waals surface area (Å²) >= 11 is 29.3. The first-order chi connectivity index (χ1) is 18.2. The Balaban J connectivity index is -0.000000210. The Bertz CT molecular complexity index is 1090. The van der Waals surface area contributed by atoms with Gasteiger partial charge in [0.15, 0.2) is 0 Å². The van der Waals surface area contributed by atoms with Crippen molar-refractivity contribution in [3.8, 4) is 0 Å². The molecule has 0 atom stereocenters. The molecule has 0 N–H and O–H groups in total. The number of rotatable bonds is 0. The SMILES string of the molecule is Brc1cc[c-]nc1.Brc1ccc(Br)nc1.Brc1ccc(I)nc1.Clc1cc[c-]nc1.Clc1ccc(Br)nc1.[Cl-].[Cl-].[Mg+2].[Mg+2]. The third-order valence-electron chi connectivity index (χ3n) is 3.23. The fraction of sp³-hybridized carbons (Fsp3) is 0. The van der Waals surface area contributed by atoms with Gasteiger partial charge in [0.2, 0.25) is 0 Å². The molecule has 0 fully saturated rings. The summed E-state index contributed by atoms with van der Waals surface area (Å²) in [6.45, 7) is 0. The van der Waals surface area contributed by atoms with E-state index in [9.17, 15) is 0 Å². The molecule has 0 aliphatic carbocycles. The zero-order chi connectivity index (χ0) is 28.2. The molecule has 5 rings (SSSR count). The van der Waals surface area contributed by atoms with E-state index in [1.54, 1.807) is 61.3 Å². The predicted octanol–water partition coefficient (Wildman–Crippen LogP) is 3.98. The van der Waals surface area contributed by atoms with Crippen molar-refractivity contribution in [2.75, 3.05) is 0 Å². The van der Waals surface area contributed by atoms with Crippen LogP contribution in [0.5, 0.6) is 0 Å². The van der Waals surface area contributed by atoms with E-state index < -0.39 is 0 Å². The van der Waals surface area contributed by atoms with Crippen LogP contribution in [0.15, 0.2) is 114 Å². The fourth-order valence-corrected chi connectivity index (χ4v) is 3.39. The molecule has 0 aromatic carbocycles. The monoisotopic (exact) mass is 1090 g/mol. The number of nitrogens with zero attached hydrogens (tertiary/aromatic N) is 5. The Morgan fingerprint density at radius 3 is 1.21 bits per heavy atom. The third kappa shape index (κ3) is 30.2. The second-order valence-corrected chi connectivity index (χ2v) is 12.5. The smallest absolute Gasteiger partial charge is 1.00 e. The molecule has 0 unspecified atom stereocenters. The Kier molecular flexibility index (Phi) is 39.0. The molecule has 5 nitrogen and oxygen atoms in total. The van der Waals surface area contributed by atoms with Crippen LogP contribution in [-0.4, -0.2) is 71.0 Å². The van der Waals surface area contributed by atoms with Crippen LogP contribution in [0.1, 0.15) is 0 Å². The molecule has 0 radical (unpaired) electrons. The van der Waals surface area contributed by atoms with Crippen molar-refractivity contribution in [3.05, 3.63) is 140 Å². The van der Waals surface area contributed by atoms with Crippen LogP contribution in [-0.2, 0) is 0 Å². The van der Waals surface area contributed by atoms with E-state index in [-0.39, 0.29) is 70.9 Å². The number of hydrogen-bond acceptors (Lipinski definition) is 5. The predicted molar refractivity (Wildman–Crippen MR) is 192 cm³/mol. The van der Waals surface area contributed by atoms with Crippen molar-refractivity contribution in [1.29, 1.82) is 0 Å². The van der Waals surface area contributed by atoms with Gasteiger partial charge in [-0.2, -0.15) is 18.2 Å². The van der Waals surface area contributed by atoms with Crippen LogP contribution in [0.25, 0.3) is 0 Å². The zero-order valence-corrected chi connectivity index (χ0v) is 37.0. The van der Waals surface area contributed by atoms with Crippen LogP contribution in [0, 0.1) is 16.1 Å². The Labute approximate surface area is 356 Å². The summed E-state index contributed by atoms with van der Waals surface area (Å²) in [5.74, 6) is 0. The van der Waals surface area contributed by atoms with Crippen molar-refractivity contribution < 1.29 is 24.8 Å². The van der Waals surface area contributed by atoms with Gasteiger partial charge in [0, 0.05) is 27.5 Å². The second kappa shape index (κ2) is 32.5. The number of aromatic nitrogens is 5. The molecule has 0 aliphatic rings. The van der Waals surface area contributed by atoms with E-state index in [0.29, 0.717) is 10.0 Å². The minimum atomic E-state index is 0. The summed E-state index contributed by atoms with van der Waals surface area (Å²) in [7, 11) is 0. The standard InChI is InChI=1S/C5H3Br2N.C5H3BrClN.C5H3BrIN.C5H3BrN.C5H3ClN.2ClH.2Mg/c6-4-1-2-5(7)8-3-4;6-5-2-1-4(7)3-8-5;6-4-1-2-5(7)8-3-4;2*6-5-2-1-3-7-4-5;;;;/h3*1-3H;2*1-2,4H;2*1H;;/q;;;2*-1;;;2*+2/p-2. The molecule has 5 aromatic heterocycles. The Morgan fingerprint density at radius 2 is 0.976 bits per heavy atom. The molecule has 17 heteroatoms. The van der Waals surface area contributed by atoms with E-state index in [1.165, 1.54) is 0 Å². The molecule has 214 valence electrons. The van der Waals surface area contributed by atoms with E-state index in [1.807, 2.05) is 30.3 Å². The van der Waals surface area contributed by atoms with Crippen molar-refractivity contribution in [3.63, 3.8) is 0 Å². The van der Waals surface area contributed by atoms with Crippen molar-refractivity contribution in [1.82, 2.24) is 24.9 Å². The van der Waals surface area contributed by atoms with Gasteiger partial charge < -0.3 is 34.8 Å². The molecule has 0 saturated heterocycles. The van der Waals surface area contributed by atoms with Crippen LogP contribution in [0.3, 0.4) is 0 Å². The molecule has 0 aliphatic heterocycles. The van der Waals surface area contributed by atoms with Crippen LogP contribution in [0.4, 0.5) is 0 Å². The van der Waals surface area contributed by atoms with Gasteiger partial charge in [0.05, 0.1) is 5.02 Å². The molecule has 0 bridgehead atoms. The zero-order valence-electron chi connectivity index (χ0n) is 21.1. The van der Waals surface area contributed by atoms with Gasteiger partial charge in [-0.1, -0.05) is 61.8 Å². The van der Waals surface area contributed by atoms with E-state index in [2.05, 4.69) is 140 Å². The maximum absolute atomic E-state index is 5.53. The van der Waals surface area contributed by atoms with Crippen LogP contribution >= 0.6 is 125 Å². The summed E-state index contributed by atoms with van der Waals surface area (Å²) in [4.78, 5) is 19.2. The number of hydrogen-bond donors (Lipinski definition) is 0. The van der Waals surface area contributed by atoms with Gasteiger partial charge in [-0.15, -0.1) is 17.7 Å². The third-order valence-corrected chi connectivity index (χ3v) is 6.66. The molecular formula is C25H15Br5Cl4IMg2N5. The quantitative estimate of drug-likeness (QED) is 0.102. The molecule has 5 heterocycles. The first-order valence-corrected chi connectivity index (χ1v) is 15.7. The average molecular weight is 1100 g/mol. The van der Waals surface area contributed by atoms with E-state index in [4.69, 9.17) is 23.2 Å². The van der Waals surface area contributed by atoms with Gasteiger partial charge in [-0.3, -0.25) is 0 Å².